The van der Waals surface area contributed by atoms with E-state index in [9.17, 15) is 22.8 Å². The second kappa shape index (κ2) is 5.60. The van der Waals surface area contributed by atoms with Crippen molar-refractivity contribution in [1.29, 1.82) is 0 Å². The number of ether oxygens (including phenoxy) is 1. The predicted molar refractivity (Wildman–Crippen MR) is 75.7 cm³/mol. The van der Waals surface area contributed by atoms with Gasteiger partial charge in [0, 0.05) is 25.2 Å². The molecule has 1 saturated heterocycles. The highest BCUT2D eigenvalue weighted by Gasteiger charge is 2.34. The first kappa shape index (κ1) is 15.4. The quantitative estimate of drug-likeness (QED) is 0.784. The Labute approximate surface area is 129 Å². The summed E-state index contributed by atoms with van der Waals surface area (Å²) >= 11 is 0. The highest BCUT2D eigenvalue weighted by atomic mass is 19.2. The van der Waals surface area contributed by atoms with Crippen LogP contribution in [-0.2, 0) is 9.53 Å². The molecule has 0 saturated carbocycles. The summed E-state index contributed by atoms with van der Waals surface area (Å²) in [6.07, 6.45) is 1.11. The minimum absolute atomic E-state index is 0.00605. The summed E-state index contributed by atoms with van der Waals surface area (Å²) in [5.41, 5.74) is -1.09. The molecule has 122 valence electrons. The summed E-state index contributed by atoms with van der Waals surface area (Å²) < 4.78 is 47.8. The van der Waals surface area contributed by atoms with Crippen molar-refractivity contribution in [2.75, 3.05) is 22.9 Å². The van der Waals surface area contributed by atoms with Crippen LogP contribution in [0.2, 0.25) is 0 Å². The van der Waals surface area contributed by atoms with E-state index in [1.54, 1.807) is 6.92 Å². The molecule has 2 aliphatic rings. The molecule has 0 aliphatic carbocycles. The fourth-order valence-corrected chi connectivity index (χ4v) is 2.58. The Kier molecular flexibility index (Phi) is 3.75. The molecule has 0 N–H and O–H groups in total. The summed E-state index contributed by atoms with van der Waals surface area (Å²) in [6, 6.07) is 0.761. The number of allylic oxidation sites excluding steroid dienone is 1. The molecule has 1 fully saturated rings. The topological polar surface area (TPSA) is 49.9 Å². The maximum Gasteiger partial charge on any atom is 0.414 e. The summed E-state index contributed by atoms with van der Waals surface area (Å²) in [4.78, 5) is 24.7. The number of hydrogen-bond acceptors (Lipinski definition) is 4. The van der Waals surface area contributed by atoms with Crippen molar-refractivity contribution in [3.63, 3.8) is 0 Å². The lowest BCUT2D eigenvalue weighted by Gasteiger charge is -2.25. The van der Waals surface area contributed by atoms with E-state index in [2.05, 4.69) is 0 Å². The van der Waals surface area contributed by atoms with Gasteiger partial charge < -0.3 is 9.64 Å². The number of cyclic esters (lactones) is 1. The number of hydrogen-bond donors (Lipinski definition) is 0. The molecule has 0 bridgehead atoms. The summed E-state index contributed by atoms with van der Waals surface area (Å²) in [6.45, 7) is 1.64. The number of nitrogens with zero attached hydrogens (tertiary/aromatic N) is 2. The van der Waals surface area contributed by atoms with E-state index in [1.165, 1.54) is 12.3 Å². The van der Waals surface area contributed by atoms with Crippen LogP contribution in [0.25, 0.3) is 0 Å². The third-order valence-corrected chi connectivity index (χ3v) is 3.69. The van der Waals surface area contributed by atoms with E-state index in [-0.39, 0.29) is 25.3 Å². The van der Waals surface area contributed by atoms with Crippen LogP contribution >= 0.6 is 0 Å². The highest BCUT2D eigenvalue weighted by Crippen LogP contribution is 2.35. The summed E-state index contributed by atoms with van der Waals surface area (Å²) in [5.74, 6) is -3.94. The van der Waals surface area contributed by atoms with Crippen molar-refractivity contribution in [2.45, 2.75) is 19.4 Å². The number of carbonyl (C=O) groups is 2. The number of rotatable bonds is 2. The molecule has 0 spiro atoms. The fraction of sp³-hybridized carbons (Fsp3) is 0.333. The molecule has 1 amide bonds. The van der Waals surface area contributed by atoms with Gasteiger partial charge in [-0.2, -0.15) is 0 Å². The molecule has 1 atom stereocenters. The number of halogens is 3. The van der Waals surface area contributed by atoms with Crippen molar-refractivity contribution < 1.29 is 27.5 Å². The Morgan fingerprint density at radius 1 is 1.22 bits per heavy atom. The van der Waals surface area contributed by atoms with Gasteiger partial charge in [0.15, 0.2) is 23.2 Å². The molecule has 23 heavy (non-hydrogen) atoms. The normalized spacial score (nSPS) is 21.1. The molecule has 0 radical (unpaired) electrons. The first-order chi connectivity index (χ1) is 10.9. The van der Waals surface area contributed by atoms with Crippen LogP contribution < -0.4 is 9.80 Å². The van der Waals surface area contributed by atoms with Gasteiger partial charge in [-0.3, -0.25) is 9.69 Å². The SMILES string of the molecule is CC1CN(c2cc(F)c(N3C=CC(=O)CC3)c(F)c2F)C(=O)O1. The first-order valence-corrected chi connectivity index (χ1v) is 7.02. The Hall–Kier alpha value is -2.51. The standard InChI is InChI=1S/C15H13F3N2O3/c1-8-7-20(15(22)23-8)11-6-10(16)14(13(18)12(11)17)19-4-2-9(21)3-5-19/h2,4,6,8H,3,5,7H2,1H3. The van der Waals surface area contributed by atoms with E-state index in [4.69, 9.17) is 4.74 Å². The average Bonchev–Trinajstić information content (AvgIpc) is 2.83. The van der Waals surface area contributed by atoms with Crippen LogP contribution in [0.1, 0.15) is 13.3 Å². The number of benzene rings is 1. The Bertz CT molecular complexity index is 720. The van der Waals surface area contributed by atoms with Gasteiger partial charge in [0.25, 0.3) is 0 Å². The van der Waals surface area contributed by atoms with E-state index in [0.29, 0.717) is 0 Å². The minimum atomic E-state index is -1.41. The van der Waals surface area contributed by atoms with Crippen molar-refractivity contribution in [2.24, 2.45) is 0 Å². The van der Waals surface area contributed by atoms with E-state index in [0.717, 1.165) is 15.9 Å². The fourth-order valence-electron chi connectivity index (χ4n) is 2.58. The molecule has 1 aromatic rings. The Balaban J connectivity index is 2.02. The molecule has 8 heteroatoms. The molecule has 2 aliphatic heterocycles. The first-order valence-electron chi connectivity index (χ1n) is 7.02. The molecule has 1 aromatic carbocycles. The lowest BCUT2D eigenvalue weighted by atomic mass is 10.1. The third kappa shape index (κ3) is 2.64. The maximum absolute atomic E-state index is 14.3. The molecule has 2 heterocycles. The molecule has 5 nitrogen and oxygen atoms in total. The zero-order valence-electron chi connectivity index (χ0n) is 12.2. The van der Waals surface area contributed by atoms with Crippen LogP contribution in [0.15, 0.2) is 18.3 Å². The van der Waals surface area contributed by atoms with Gasteiger partial charge in [0.1, 0.15) is 11.8 Å². The molecular weight excluding hydrogens is 313 g/mol. The van der Waals surface area contributed by atoms with Gasteiger partial charge in [0.05, 0.1) is 12.2 Å². The molecule has 0 aromatic heterocycles. The van der Waals surface area contributed by atoms with Gasteiger partial charge in [-0.15, -0.1) is 0 Å². The summed E-state index contributed by atoms with van der Waals surface area (Å²) in [5, 5.41) is 0. The van der Waals surface area contributed by atoms with Gasteiger partial charge in [-0.05, 0) is 13.0 Å². The number of amides is 1. The molecular formula is C15H13F3N2O3. The summed E-state index contributed by atoms with van der Waals surface area (Å²) in [7, 11) is 0. The van der Waals surface area contributed by atoms with Crippen LogP contribution in [0.3, 0.4) is 0 Å². The van der Waals surface area contributed by atoms with Crippen molar-refractivity contribution in [1.82, 2.24) is 0 Å². The lowest BCUT2D eigenvalue weighted by molar-refractivity contribution is -0.114. The Morgan fingerprint density at radius 3 is 2.52 bits per heavy atom. The zero-order chi connectivity index (χ0) is 16.7. The second-order valence-corrected chi connectivity index (χ2v) is 5.38. The van der Waals surface area contributed by atoms with Crippen LogP contribution in [0, 0.1) is 17.5 Å². The van der Waals surface area contributed by atoms with E-state index in [1.807, 2.05) is 0 Å². The van der Waals surface area contributed by atoms with Gasteiger partial charge >= 0.3 is 6.09 Å². The zero-order valence-corrected chi connectivity index (χ0v) is 12.2. The molecule has 1 unspecified atom stereocenters. The van der Waals surface area contributed by atoms with Crippen molar-refractivity contribution in [3.05, 3.63) is 35.8 Å². The van der Waals surface area contributed by atoms with Gasteiger partial charge in [-0.25, -0.2) is 18.0 Å². The van der Waals surface area contributed by atoms with Crippen molar-refractivity contribution >= 4 is 23.3 Å². The predicted octanol–water partition coefficient (Wildman–Crippen LogP) is 2.74. The Morgan fingerprint density at radius 2 is 1.96 bits per heavy atom. The largest absolute Gasteiger partial charge is 0.444 e. The van der Waals surface area contributed by atoms with Crippen LogP contribution in [-0.4, -0.2) is 31.1 Å². The monoisotopic (exact) mass is 326 g/mol. The minimum Gasteiger partial charge on any atom is -0.444 e. The lowest BCUT2D eigenvalue weighted by Crippen LogP contribution is -2.29. The third-order valence-electron chi connectivity index (χ3n) is 3.69. The van der Waals surface area contributed by atoms with E-state index < -0.39 is 41.0 Å². The number of ketones is 1. The highest BCUT2D eigenvalue weighted by molar-refractivity contribution is 5.92. The van der Waals surface area contributed by atoms with Crippen molar-refractivity contribution in [3.8, 4) is 0 Å². The number of carbonyl (C=O) groups excluding carboxylic acids is 2. The average molecular weight is 326 g/mol. The molecule has 3 rings (SSSR count). The smallest absolute Gasteiger partial charge is 0.414 e. The van der Waals surface area contributed by atoms with Crippen LogP contribution in [0.4, 0.5) is 29.3 Å². The van der Waals surface area contributed by atoms with Gasteiger partial charge in [-0.1, -0.05) is 0 Å². The van der Waals surface area contributed by atoms with E-state index >= 15 is 0 Å². The number of anilines is 2. The van der Waals surface area contributed by atoms with Gasteiger partial charge in [0.2, 0.25) is 0 Å². The maximum atomic E-state index is 14.3. The van der Waals surface area contributed by atoms with Crippen LogP contribution in [0.5, 0.6) is 0 Å². The second-order valence-electron chi connectivity index (χ2n) is 5.38.